The zero-order valence-corrected chi connectivity index (χ0v) is 11.5. The van der Waals surface area contributed by atoms with E-state index >= 15 is 0 Å². The largest absolute Gasteiger partial charge is 0.340 e. The highest BCUT2D eigenvalue weighted by Crippen LogP contribution is 2.10. The summed E-state index contributed by atoms with van der Waals surface area (Å²) in [5.41, 5.74) is 1.90. The van der Waals surface area contributed by atoms with Crippen molar-refractivity contribution in [3.05, 3.63) is 41.1 Å². The topological polar surface area (TPSA) is 81.1 Å². The second-order valence-electron chi connectivity index (χ2n) is 3.95. The predicted molar refractivity (Wildman–Crippen MR) is 70.4 cm³/mol. The number of halogens is 1. The molecule has 0 saturated heterocycles. The van der Waals surface area contributed by atoms with Crippen LogP contribution in [-0.4, -0.2) is 31.1 Å². The maximum atomic E-state index is 4.92. The third-order valence-corrected chi connectivity index (χ3v) is 3.08. The lowest BCUT2D eigenvalue weighted by Crippen LogP contribution is -2.17. The lowest BCUT2D eigenvalue weighted by atomic mass is 10.4. The van der Waals surface area contributed by atoms with Gasteiger partial charge in [-0.2, -0.15) is 4.98 Å². The third-order valence-electron chi connectivity index (χ3n) is 2.67. The number of hydrogen-bond acceptors (Lipinski definition) is 6. The Morgan fingerprint density at radius 2 is 2.21 bits per heavy atom. The molecule has 98 valence electrons. The van der Waals surface area contributed by atoms with E-state index in [4.69, 9.17) is 4.52 Å². The summed E-state index contributed by atoms with van der Waals surface area (Å²) in [4.78, 5) is 12.4. The molecule has 0 aliphatic heterocycles. The van der Waals surface area contributed by atoms with E-state index < -0.39 is 0 Å². The number of aromatic nitrogens is 5. The van der Waals surface area contributed by atoms with Gasteiger partial charge in [-0.3, -0.25) is 4.40 Å². The second-order valence-corrected chi connectivity index (χ2v) is 4.76. The lowest BCUT2D eigenvalue weighted by Gasteiger charge is -2.03. The van der Waals surface area contributed by atoms with Gasteiger partial charge in [-0.1, -0.05) is 5.16 Å². The Balaban J connectivity index is 1.60. The van der Waals surface area contributed by atoms with E-state index in [0.29, 0.717) is 18.9 Å². The fourth-order valence-corrected chi connectivity index (χ4v) is 2.07. The summed E-state index contributed by atoms with van der Waals surface area (Å²) in [6.45, 7) is 1.48. The highest BCUT2D eigenvalue weighted by Gasteiger charge is 2.04. The fraction of sp³-hybridized carbons (Fsp3) is 0.273. The highest BCUT2D eigenvalue weighted by atomic mass is 79.9. The SMILES string of the molecule is Brc1cn2c(CNCCc3ncno3)cnc2cn1. The molecule has 0 radical (unpaired) electrons. The molecule has 0 unspecified atom stereocenters. The number of nitrogens with one attached hydrogen (secondary N) is 1. The molecule has 0 saturated carbocycles. The van der Waals surface area contributed by atoms with E-state index in [-0.39, 0.29) is 0 Å². The molecule has 0 atom stereocenters. The minimum atomic E-state index is 0.637. The molecule has 3 heterocycles. The zero-order chi connectivity index (χ0) is 13.1. The van der Waals surface area contributed by atoms with Crippen LogP contribution in [0.4, 0.5) is 0 Å². The van der Waals surface area contributed by atoms with Crippen LogP contribution in [-0.2, 0) is 13.0 Å². The molecule has 0 aliphatic rings. The molecule has 0 aliphatic carbocycles. The van der Waals surface area contributed by atoms with E-state index in [1.54, 1.807) is 6.20 Å². The van der Waals surface area contributed by atoms with E-state index in [1.165, 1.54) is 6.33 Å². The van der Waals surface area contributed by atoms with Gasteiger partial charge in [0.25, 0.3) is 0 Å². The van der Waals surface area contributed by atoms with Crippen LogP contribution in [0.3, 0.4) is 0 Å². The van der Waals surface area contributed by atoms with Gasteiger partial charge in [-0.05, 0) is 15.9 Å². The monoisotopic (exact) mass is 322 g/mol. The van der Waals surface area contributed by atoms with Crippen molar-refractivity contribution in [2.45, 2.75) is 13.0 Å². The first-order valence-corrected chi connectivity index (χ1v) is 6.56. The van der Waals surface area contributed by atoms with Gasteiger partial charge in [0, 0.05) is 25.7 Å². The maximum absolute atomic E-state index is 4.92. The number of imidazole rings is 1. The van der Waals surface area contributed by atoms with Gasteiger partial charge in [0.2, 0.25) is 5.89 Å². The van der Waals surface area contributed by atoms with Gasteiger partial charge in [0.1, 0.15) is 4.60 Å². The Morgan fingerprint density at radius 1 is 1.26 bits per heavy atom. The first kappa shape index (κ1) is 12.2. The highest BCUT2D eigenvalue weighted by molar-refractivity contribution is 9.10. The quantitative estimate of drug-likeness (QED) is 0.711. The average molecular weight is 323 g/mol. The van der Waals surface area contributed by atoms with Gasteiger partial charge in [0.05, 0.1) is 18.1 Å². The van der Waals surface area contributed by atoms with E-state index in [1.807, 2.05) is 16.8 Å². The minimum Gasteiger partial charge on any atom is -0.340 e. The Kier molecular flexibility index (Phi) is 3.51. The number of hydrogen-bond donors (Lipinski definition) is 1. The van der Waals surface area contributed by atoms with Gasteiger partial charge < -0.3 is 9.84 Å². The molecule has 1 N–H and O–H groups in total. The van der Waals surface area contributed by atoms with Crippen LogP contribution in [0.1, 0.15) is 11.6 Å². The van der Waals surface area contributed by atoms with Crippen molar-refractivity contribution in [1.29, 1.82) is 0 Å². The summed E-state index contributed by atoms with van der Waals surface area (Å²) in [5.74, 6) is 0.637. The molecule has 0 spiro atoms. The first-order valence-electron chi connectivity index (χ1n) is 5.76. The standard InChI is InChI=1S/C11H11BrN6O/c12-9-6-18-8(4-15-10(18)5-14-9)3-13-2-1-11-16-7-17-19-11/h4-7,13H,1-3H2. The van der Waals surface area contributed by atoms with Crippen molar-refractivity contribution in [2.75, 3.05) is 6.54 Å². The van der Waals surface area contributed by atoms with Crippen LogP contribution in [0.15, 0.2) is 34.0 Å². The minimum absolute atomic E-state index is 0.637. The van der Waals surface area contributed by atoms with Crippen LogP contribution in [0.2, 0.25) is 0 Å². The molecule has 19 heavy (non-hydrogen) atoms. The summed E-state index contributed by atoms with van der Waals surface area (Å²) < 4.78 is 7.70. The Bertz CT molecular complexity index is 665. The van der Waals surface area contributed by atoms with Gasteiger partial charge in [0.15, 0.2) is 12.0 Å². The predicted octanol–water partition coefficient (Wildman–Crippen LogP) is 1.21. The molecule has 0 aromatic carbocycles. The summed E-state index contributed by atoms with van der Waals surface area (Å²) in [6.07, 6.45) is 7.58. The molecule has 0 amide bonds. The molecular weight excluding hydrogens is 312 g/mol. The van der Waals surface area contributed by atoms with Gasteiger partial charge >= 0.3 is 0 Å². The van der Waals surface area contributed by atoms with Gasteiger partial charge in [-0.25, -0.2) is 9.97 Å². The molecular formula is C11H11BrN6O. The van der Waals surface area contributed by atoms with Crippen LogP contribution in [0.25, 0.3) is 5.65 Å². The first-order chi connectivity index (χ1) is 9.33. The normalized spacial score (nSPS) is 11.2. The average Bonchev–Trinajstić information content (AvgIpc) is 3.04. The van der Waals surface area contributed by atoms with Crippen molar-refractivity contribution in [2.24, 2.45) is 0 Å². The van der Waals surface area contributed by atoms with Crippen LogP contribution >= 0.6 is 15.9 Å². The fourth-order valence-electron chi connectivity index (χ4n) is 1.76. The number of fused-ring (bicyclic) bond motifs is 1. The van der Waals surface area contributed by atoms with Crippen LogP contribution in [0, 0.1) is 0 Å². The van der Waals surface area contributed by atoms with Crippen molar-refractivity contribution in [1.82, 2.24) is 29.8 Å². The van der Waals surface area contributed by atoms with Crippen molar-refractivity contribution < 1.29 is 4.52 Å². The van der Waals surface area contributed by atoms with Crippen LogP contribution in [0.5, 0.6) is 0 Å². The van der Waals surface area contributed by atoms with E-state index in [0.717, 1.165) is 22.5 Å². The number of nitrogens with zero attached hydrogens (tertiary/aromatic N) is 5. The maximum Gasteiger partial charge on any atom is 0.227 e. The molecule has 0 bridgehead atoms. The number of rotatable bonds is 5. The van der Waals surface area contributed by atoms with E-state index in [9.17, 15) is 0 Å². The Hall–Kier alpha value is -1.80. The van der Waals surface area contributed by atoms with Crippen molar-refractivity contribution >= 4 is 21.6 Å². The third kappa shape index (κ3) is 2.79. The molecule has 3 aromatic heterocycles. The van der Waals surface area contributed by atoms with Gasteiger partial charge in [-0.15, -0.1) is 0 Å². The molecule has 8 heteroatoms. The summed E-state index contributed by atoms with van der Waals surface area (Å²) in [5, 5.41) is 6.87. The second kappa shape index (κ2) is 5.45. The summed E-state index contributed by atoms with van der Waals surface area (Å²) in [6, 6.07) is 0. The lowest BCUT2D eigenvalue weighted by molar-refractivity contribution is 0.374. The Morgan fingerprint density at radius 3 is 3.05 bits per heavy atom. The summed E-state index contributed by atoms with van der Waals surface area (Å²) in [7, 11) is 0. The molecule has 0 fully saturated rings. The molecule has 3 rings (SSSR count). The zero-order valence-electron chi connectivity index (χ0n) is 9.95. The van der Waals surface area contributed by atoms with E-state index in [2.05, 4.69) is 41.4 Å². The smallest absolute Gasteiger partial charge is 0.227 e. The molecule has 3 aromatic rings. The van der Waals surface area contributed by atoms with Crippen molar-refractivity contribution in [3.8, 4) is 0 Å². The Labute approximate surface area is 117 Å². The van der Waals surface area contributed by atoms with Crippen LogP contribution < -0.4 is 5.32 Å². The molecule has 7 nitrogen and oxygen atoms in total. The summed E-state index contributed by atoms with van der Waals surface area (Å²) >= 11 is 3.35. The van der Waals surface area contributed by atoms with Crippen molar-refractivity contribution in [3.63, 3.8) is 0 Å².